The second-order valence-corrected chi connectivity index (χ2v) is 7.69. The van der Waals surface area contributed by atoms with E-state index in [1.54, 1.807) is 4.52 Å². The number of nitrogens with one attached hydrogen (secondary N) is 1. The number of carbonyl (C=O) groups is 1. The summed E-state index contributed by atoms with van der Waals surface area (Å²) < 4.78 is 12.5. The first-order chi connectivity index (χ1) is 14.7. The number of hydrogen-bond donors (Lipinski definition) is 1. The molecular formula is C21H17N5O3S. The van der Waals surface area contributed by atoms with Gasteiger partial charge in [0.2, 0.25) is 17.9 Å². The Morgan fingerprint density at radius 1 is 1.10 bits per heavy atom. The Hall–Kier alpha value is -3.59. The van der Waals surface area contributed by atoms with Crippen molar-refractivity contribution < 1.29 is 14.3 Å². The molecule has 2 aromatic carbocycles. The van der Waals surface area contributed by atoms with Crippen molar-refractivity contribution in [2.24, 2.45) is 0 Å². The third-order valence-electron chi connectivity index (χ3n) is 4.54. The molecule has 4 aromatic rings. The van der Waals surface area contributed by atoms with Gasteiger partial charge in [0.05, 0.1) is 11.4 Å². The lowest BCUT2D eigenvalue weighted by Gasteiger charge is -2.06. The molecule has 0 saturated heterocycles. The summed E-state index contributed by atoms with van der Waals surface area (Å²) in [5.74, 6) is 1.50. The summed E-state index contributed by atoms with van der Waals surface area (Å²) in [6, 6.07) is 17.1. The maximum absolute atomic E-state index is 12.3. The molecule has 1 aliphatic heterocycles. The predicted octanol–water partition coefficient (Wildman–Crippen LogP) is 3.56. The van der Waals surface area contributed by atoms with Gasteiger partial charge in [0.1, 0.15) is 0 Å². The molecule has 0 bridgehead atoms. The van der Waals surface area contributed by atoms with Crippen LogP contribution in [-0.4, -0.2) is 38.3 Å². The van der Waals surface area contributed by atoms with E-state index in [-0.39, 0.29) is 18.5 Å². The van der Waals surface area contributed by atoms with E-state index in [4.69, 9.17) is 9.47 Å². The first-order valence-corrected chi connectivity index (χ1v) is 10.3. The lowest BCUT2D eigenvalue weighted by molar-refractivity contribution is -0.113. The summed E-state index contributed by atoms with van der Waals surface area (Å²) in [4.78, 5) is 12.3. The smallest absolute Gasteiger partial charge is 0.234 e. The third kappa shape index (κ3) is 3.67. The Kier molecular flexibility index (Phi) is 4.72. The van der Waals surface area contributed by atoms with Crippen LogP contribution in [0.3, 0.4) is 0 Å². The Balaban J connectivity index is 1.34. The van der Waals surface area contributed by atoms with Crippen LogP contribution in [0.5, 0.6) is 11.5 Å². The highest BCUT2D eigenvalue weighted by atomic mass is 32.2. The molecule has 0 spiro atoms. The Morgan fingerprint density at radius 3 is 2.90 bits per heavy atom. The number of carbonyl (C=O) groups excluding carboxylic acids is 1. The highest BCUT2D eigenvalue weighted by Crippen LogP contribution is 2.35. The number of benzene rings is 2. The van der Waals surface area contributed by atoms with Crippen molar-refractivity contribution in [2.45, 2.75) is 12.1 Å². The molecule has 8 nitrogen and oxygen atoms in total. The van der Waals surface area contributed by atoms with Gasteiger partial charge in [-0.05, 0) is 55.0 Å². The van der Waals surface area contributed by atoms with Crippen LogP contribution in [0.4, 0.5) is 5.69 Å². The fourth-order valence-corrected chi connectivity index (χ4v) is 3.81. The molecule has 1 aliphatic rings. The van der Waals surface area contributed by atoms with Crippen molar-refractivity contribution in [3.8, 4) is 22.8 Å². The van der Waals surface area contributed by atoms with Gasteiger partial charge >= 0.3 is 0 Å². The molecule has 1 amide bonds. The van der Waals surface area contributed by atoms with Crippen molar-refractivity contribution in [3.05, 3.63) is 60.2 Å². The second kappa shape index (κ2) is 7.68. The lowest BCUT2D eigenvalue weighted by atomic mass is 10.1. The molecule has 0 fully saturated rings. The van der Waals surface area contributed by atoms with Crippen LogP contribution in [-0.2, 0) is 4.79 Å². The van der Waals surface area contributed by atoms with Gasteiger partial charge in [0, 0.05) is 11.3 Å². The van der Waals surface area contributed by atoms with Crippen molar-refractivity contribution in [1.29, 1.82) is 0 Å². The van der Waals surface area contributed by atoms with Crippen LogP contribution in [0.15, 0.2) is 59.8 Å². The lowest BCUT2D eigenvalue weighted by Crippen LogP contribution is -2.14. The van der Waals surface area contributed by atoms with E-state index in [0.717, 1.165) is 28.3 Å². The predicted molar refractivity (Wildman–Crippen MR) is 113 cm³/mol. The first-order valence-electron chi connectivity index (χ1n) is 9.27. The average molecular weight is 419 g/mol. The number of rotatable bonds is 5. The summed E-state index contributed by atoms with van der Waals surface area (Å²) in [6.07, 6.45) is 0. The molecule has 5 rings (SSSR count). The topological polar surface area (TPSA) is 90.6 Å². The van der Waals surface area contributed by atoms with Crippen LogP contribution < -0.4 is 14.8 Å². The minimum atomic E-state index is -0.116. The van der Waals surface area contributed by atoms with Gasteiger partial charge in [-0.2, -0.15) is 9.61 Å². The Labute approximate surface area is 176 Å². The second-order valence-electron chi connectivity index (χ2n) is 6.75. The van der Waals surface area contributed by atoms with E-state index in [2.05, 4.69) is 20.6 Å². The molecular weight excluding hydrogens is 402 g/mol. The maximum Gasteiger partial charge on any atom is 0.234 e. The van der Waals surface area contributed by atoms with Gasteiger partial charge in [0.25, 0.3) is 0 Å². The van der Waals surface area contributed by atoms with E-state index in [0.29, 0.717) is 16.6 Å². The zero-order valence-corrected chi connectivity index (χ0v) is 16.8. The maximum atomic E-state index is 12.3. The van der Waals surface area contributed by atoms with Gasteiger partial charge in [-0.25, -0.2) is 0 Å². The minimum Gasteiger partial charge on any atom is -0.454 e. The van der Waals surface area contributed by atoms with Gasteiger partial charge in [-0.15, -0.1) is 10.2 Å². The van der Waals surface area contributed by atoms with Crippen LogP contribution in [0.1, 0.15) is 5.56 Å². The van der Waals surface area contributed by atoms with E-state index in [1.165, 1.54) is 11.8 Å². The number of amides is 1. The quantitative estimate of drug-likeness (QED) is 0.495. The number of ether oxygens (including phenoxy) is 2. The SMILES string of the molecule is Cc1cccc(NC(=O)CSc2nnc3ccc(-c4ccc5c(c4)OCO5)nn23)c1. The van der Waals surface area contributed by atoms with Crippen LogP contribution in [0.25, 0.3) is 16.9 Å². The summed E-state index contributed by atoms with van der Waals surface area (Å²) in [5.41, 5.74) is 4.11. The number of hydrogen-bond acceptors (Lipinski definition) is 7. The highest BCUT2D eigenvalue weighted by molar-refractivity contribution is 7.99. The molecule has 0 unspecified atom stereocenters. The molecule has 9 heteroatoms. The first kappa shape index (κ1) is 18.4. The molecule has 0 radical (unpaired) electrons. The van der Waals surface area contributed by atoms with Gasteiger partial charge in [0.15, 0.2) is 17.1 Å². The number of aromatic nitrogens is 4. The van der Waals surface area contributed by atoms with E-state index in [1.807, 2.05) is 61.5 Å². The van der Waals surface area contributed by atoms with E-state index < -0.39 is 0 Å². The number of fused-ring (bicyclic) bond motifs is 2. The highest BCUT2D eigenvalue weighted by Gasteiger charge is 2.16. The van der Waals surface area contributed by atoms with Crippen LogP contribution in [0.2, 0.25) is 0 Å². The van der Waals surface area contributed by atoms with Crippen molar-refractivity contribution in [1.82, 2.24) is 19.8 Å². The normalized spacial score (nSPS) is 12.3. The summed E-state index contributed by atoms with van der Waals surface area (Å²) >= 11 is 1.28. The molecule has 3 heterocycles. The van der Waals surface area contributed by atoms with Crippen molar-refractivity contribution in [3.63, 3.8) is 0 Å². The summed E-state index contributed by atoms with van der Waals surface area (Å²) in [6.45, 7) is 2.21. The Bertz CT molecular complexity index is 1260. The molecule has 2 aromatic heterocycles. The molecule has 0 saturated carbocycles. The van der Waals surface area contributed by atoms with Gasteiger partial charge in [-0.3, -0.25) is 4.79 Å². The molecule has 150 valence electrons. The number of aryl methyl sites for hydroxylation is 1. The monoisotopic (exact) mass is 419 g/mol. The number of thioether (sulfide) groups is 1. The third-order valence-corrected chi connectivity index (χ3v) is 5.46. The molecule has 0 aliphatic carbocycles. The standard InChI is InChI=1S/C21H17N5O3S/c1-13-3-2-4-15(9-13)22-20(27)11-30-21-24-23-19-8-6-16(25-26(19)21)14-5-7-17-18(10-14)29-12-28-17/h2-10H,11-12H2,1H3,(H,22,27). The average Bonchev–Trinajstić information content (AvgIpc) is 3.38. The fraction of sp³-hybridized carbons (Fsp3) is 0.143. The largest absolute Gasteiger partial charge is 0.454 e. The zero-order valence-electron chi connectivity index (χ0n) is 16.0. The van der Waals surface area contributed by atoms with Gasteiger partial charge < -0.3 is 14.8 Å². The minimum absolute atomic E-state index is 0.116. The van der Waals surface area contributed by atoms with Crippen molar-refractivity contribution >= 4 is 29.0 Å². The van der Waals surface area contributed by atoms with Crippen molar-refractivity contribution in [2.75, 3.05) is 17.9 Å². The molecule has 0 atom stereocenters. The molecule has 1 N–H and O–H groups in total. The summed E-state index contributed by atoms with van der Waals surface area (Å²) in [7, 11) is 0. The van der Waals surface area contributed by atoms with E-state index in [9.17, 15) is 4.79 Å². The Morgan fingerprint density at radius 2 is 2.00 bits per heavy atom. The van der Waals surface area contributed by atoms with Gasteiger partial charge in [-0.1, -0.05) is 23.9 Å². The zero-order chi connectivity index (χ0) is 20.5. The van der Waals surface area contributed by atoms with Crippen LogP contribution >= 0.6 is 11.8 Å². The molecule has 30 heavy (non-hydrogen) atoms. The van der Waals surface area contributed by atoms with Crippen LogP contribution in [0, 0.1) is 6.92 Å². The summed E-state index contributed by atoms with van der Waals surface area (Å²) in [5, 5.41) is 16.4. The van der Waals surface area contributed by atoms with E-state index >= 15 is 0 Å². The number of nitrogens with zero attached hydrogens (tertiary/aromatic N) is 4. The fourth-order valence-electron chi connectivity index (χ4n) is 3.12. The number of anilines is 1.